The monoisotopic (exact) mass is 469 g/mol. The molecule has 0 aliphatic heterocycles. The van der Waals surface area contributed by atoms with Crippen molar-refractivity contribution in [1.29, 1.82) is 0 Å². The SMILES string of the molecule is COc1ccc(S(=O)(=O)N[C@H](C(=O)NCCc2ccc(S(N)(=O)=O)cc2)C(C)C)cc1. The Morgan fingerprint density at radius 3 is 2.00 bits per heavy atom. The highest BCUT2D eigenvalue weighted by atomic mass is 32.2. The van der Waals surface area contributed by atoms with Crippen LogP contribution >= 0.6 is 0 Å². The van der Waals surface area contributed by atoms with Crippen LogP contribution in [-0.2, 0) is 31.3 Å². The third-order valence-electron chi connectivity index (χ3n) is 4.57. The number of amides is 1. The highest BCUT2D eigenvalue weighted by molar-refractivity contribution is 7.89. The minimum absolute atomic E-state index is 0.00750. The van der Waals surface area contributed by atoms with E-state index in [4.69, 9.17) is 9.88 Å². The number of benzene rings is 2. The van der Waals surface area contributed by atoms with Gasteiger partial charge in [-0.25, -0.2) is 22.0 Å². The zero-order valence-corrected chi connectivity index (χ0v) is 19.2. The molecule has 0 aliphatic rings. The number of primary sulfonamides is 1. The fraction of sp³-hybridized carbons (Fsp3) is 0.350. The second kappa shape index (κ2) is 10.2. The number of hydrogen-bond acceptors (Lipinski definition) is 6. The van der Waals surface area contributed by atoms with Crippen molar-refractivity contribution in [3.05, 3.63) is 54.1 Å². The molecule has 0 unspecified atom stereocenters. The van der Waals surface area contributed by atoms with E-state index in [0.717, 1.165) is 5.56 Å². The maximum atomic E-state index is 12.7. The van der Waals surface area contributed by atoms with Gasteiger partial charge in [0, 0.05) is 6.54 Å². The highest BCUT2D eigenvalue weighted by Crippen LogP contribution is 2.17. The molecule has 1 amide bonds. The van der Waals surface area contributed by atoms with Crippen LogP contribution in [0.2, 0.25) is 0 Å². The summed E-state index contributed by atoms with van der Waals surface area (Å²) in [5.74, 6) is -0.218. The lowest BCUT2D eigenvalue weighted by Gasteiger charge is -2.21. The predicted molar refractivity (Wildman–Crippen MR) is 116 cm³/mol. The molecule has 11 heteroatoms. The maximum absolute atomic E-state index is 12.7. The fourth-order valence-electron chi connectivity index (χ4n) is 2.77. The van der Waals surface area contributed by atoms with Gasteiger partial charge in [0.05, 0.1) is 16.9 Å². The molecule has 1 atom stereocenters. The van der Waals surface area contributed by atoms with Crippen molar-refractivity contribution < 1.29 is 26.4 Å². The molecule has 0 radical (unpaired) electrons. The van der Waals surface area contributed by atoms with E-state index in [9.17, 15) is 21.6 Å². The van der Waals surface area contributed by atoms with Gasteiger partial charge in [0.15, 0.2) is 0 Å². The van der Waals surface area contributed by atoms with Crippen molar-refractivity contribution in [3.8, 4) is 5.75 Å². The van der Waals surface area contributed by atoms with Gasteiger partial charge in [0.2, 0.25) is 26.0 Å². The van der Waals surface area contributed by atoms with Crippen molar-refractivity contribution in [2.75, 3.05) is 13.7 Å². The number of ether oxygens (including phenoxy) is 1. The van der Waals surface area contributed by atoms with Gasteiger partial charge in [-0.15, -0.1) is 0 Å². The van der Waals surface area contributed by atoms with E-state index < -0.39 is 32.0 Å². The van der Waals surface area contributed by atoms with Crippen LogP contribution in [0.4, 0.5) is 0 Å². The van der Waals surface area contributed by atoms with Gasteiger partial charge in [-0.1, -0.05) is 26.0 Å². The summed E-state index contributed by atoms with van der Waals surface area (Å²) in [5, 5.41) is 7.79. The second-order valence-electron chi connectivity index (χ2n) is 7.25. The summed E-state index contributed by atoms with van der Waals surface area (Å²) in [7, 11) is -6.18. The van der Waals surface area contributed by atoms with Gasteiger partial charge in [-0.3, -0.25) is 4.79 Å². The molecule has 2 aromatic rings. The van der Waals surface area contributed by atoms with Gasteiger partial charge in [-0.05, 0) is 54.3 Å². The number of sulfonamides is 2. The van der Waals surface area contributed by atoms with Crippen LogP contribution in [0.25, 0.3) is 0 Å². The Hall–Kier alpha value is -2.47. The molecule has 0 heterocycles. The van der Waals surface area contributed by atoms with Crippen molar-refractivity contribution >= 4 is 26.0 Å². The Kier molecular flexibility index (Phi) is 8.18. The lowest BCUT2D eigenvalue weighted by molar-refractivity contribution is -0.123. The Bertz CT molecular complexity index is 1100. The Morgan fingerprint density at radius 2 is 1.52 bits per heavy atom. The summed E-state index contributed by atoms with van der Waals surface area (Å²) < 4.78 is 55.4. The summed E-state index contributed by atoms with van der Waals surface area (Å²) in [4.78, 5) is 12.7. The van der Waals surface area contributed by atoms with Crippen molar-refractivity contribution in [2.45, 2.75) is 36.1 Å². The maximum Gasteiger partial charge on any atom is 0.241 e. The molecule has 0 aliphatic carbocycles. The second-order valence-corrected chi connectivity index (χ2v) is 10.5. The van der Waals surface area contributed by atoms with Crippen LogP contribution in [0.3, 0.4) is 0 Å². The normalized spacial score (nSPS) is 13.1. The summed E-state index contributed by atoms with van der Waals surface area (Å²) >= 11 is 0. The van der Waals surface area contributed by atoms with Crippen LogP contribution < -0.4 is 19.9 Å². The first-order valence-electron chi connectivity index (χ1n) is 9.50. The minimum Gasteiger partial charge on any atom is -0.497 e. The third kappa shape index (κ3) is 7.03. The molecule has 0 spiro atoms. The molecule has 2 aromatic carbocycles. The van der Waals surface area contributed by atoms with Crippen molar-refractivity contribution in [2.24, 2.45) is 11.1 Å². The smallest absolute Gasteiger partial charge is 0.241 e. The van der Waals surface area contributed by atoms with Crippen LogP contribution in [0.1, 0.15) is 19.4 Å². The van der Waals surface area contributed by atoms with Crippen LogP contribution in [0.15, 0.2) is 58.3 Å². The zero-order chi connectivity index (χ0) is 23.2. The van der Waals surface area contributed by atoms with E-state index in [1.54, 1.807) is 26.0 Å². The highest BCUT2D eigenvalue weighted by Gasteiger charge is 2.28. The van der Waals surface area contributed by atoms with Gasteiger partial charge in [-0.2, -0.15) is 4.72 Å². The number of nitrogens with two attached hydrogens (primary N) is 1. The predicted octanol–water partition coefficient (Wildman–Crippen LogP) is 1.00. The van der Waals surface area contributed by atoms with Gasteiger partial charge in [0.25, 0.3) is 0 Å². The minimum atomic E-state index is -3.91. The first-order valence-corrected chi connectivity index (χ1v) is 12.5. The van der Waals surface area contributed by atoms with Gasteiger partial charge >= 0.3 is 0 Å². The average molecular weight is 470 g/mol. The summed E-state index contributed by atoms with van der Waals surface area (Å²) in [6, 6.07) is 10.9. The number of rotatable bonds is 10. The number of carbonyl (C=O) groups excluding carboxylic acids is 1. The van der Waals surface area contributed by atoms with E-state index in [1.165, 1.54) is 43.5 Å². The lowest BCUT2D eigenvalue weighted by atomic mass is 10.0. The molecular formula is C20H27N3O6S2. The van der Waals surface area contributed by atoms with E-state index >= 15 is 0 Å². The van der Waals surface area contributed by atoms with Crippen LogP contribution in [0, 0.1) is 5.92 Å². The molecule has 0 bridgehead atoms. The van der Waals surface area contributed by atoms with Gasteiger partial charge in [0.1, 0.15) is 11.8 Å². The van der Waals surface area contributed by atoms with E-state index in [1.807, 2.05) is 0 Å². The number of hydrogen-bond donors (Lipinski definition) is 3. The van der Waals surface area contributed by atoms with Gasteiger partial charge < -0.3 is 10.1 Å². The third-order valence-corrected chi connectivity index (χ3v) is 6.95. The Labute approximate surface area is 183 Å². The molecule has 0 saturated carbocycles. The lowest BCUT2D eigenvalue weighted by Crippen LogP contribution is -2.49. The first-order chi connectivity index (χ1) is 14.4. The number of nitrogens with one attached hydrogen (secondary N) is 2. The van der Waals surface area contributed by atoms with Crippen molar-refractivity contribution in [3.63, 3.8) is 0 Å². The Balaban J connectivity index is 2.00. The number of methoxy groups -OCH3 is 1. The molecule has 0 fully saturated rings. The molecule has 170 valence electrons. The topological polar surface area (TPSA) is 145 Å². The average Bonchev–Trinajstić information content (AvgIpc) is 2.71. The molecule has 0 saturated heterocycles. The van der Waals surface area contributed by atoms with Crippen LogP contribution in [0.5, 0.6) is 5.75 Å². The molecule has 9 nitrogen and oxygen atoms in total. The van der Waals surface area contributed by atoms with E-state index in [2.05, 4.69) is 10.0 Å². The summed E-state index contributed by atoms with van der Waals surface area (Å²) in [6.07, 6.45) is 0.437. The molecule has 4 N–H and O–H groups in total. The molecule has 31 heavy (non-hydrogen) atoms. The fourth-order valence-corrected chi connectivity index (χ4v) is 4.63. The zero-order valence-electron chi connectivity index (χ0n) is 17.5. The largest absolute Gasteiger partial charge is 0.497 e. The molecular weight excluding hydrogens is 442 g/mol. The van der Waals surface area contributed by atoms with E-state index in [-0.39, 0.29) is 22.3 Å². The van der Waals surface area contributed by atoms with E-state index in [0.29, 0.717) is 12.2 Å². The molecule has 0 aromatic heterocycles. The summed E-state index contributed by atoms with van der Waals surface area (Å²) in [6.45, 7) is 3.74. The van der Waals surface area contributed by atoms with Crippen molar-refractivity contribution in [1.82, 2.24) is 10.0 Å². The Morgan fingerprint density at radius 1 is 0.968 bits per heavy atom. The first kappa shape index (κ1) is 24.8. The standard InChI is InChI=1S/C20H27N3O6S2/c1-14(2)19(23-31(27,28)18-10-6-16(29-3)7-11-18)20(24)22-13-12-15-4-8-17(9-5-15)30(21,25)26/h4-11,14,19,23H,12-13H2,1-3H3,(H,22,24)(H2,21,25,26)/t19-/m0/s1. The molecule has 2 rings (SSSR count). The van der Waals surface area contributed by atoms with Crippen LogP contribution in [-0.4, -0.2) is 42.4 Å². The summed E-state index contributed by atoms with van der Waals surface area (Å²) in [5.41, 5.74) is 0.799. The number of carbonyl (C=O) groups is 1. The quantitative estimate of drug-likeness (QED) is 0.473.